The Morgan fingerprint density at radius 1 is 1.57 bits per heavy atom. The van der Waals surface area contributed by atoms with Gasteiger partial charge < -0.3 is 15.0 Å². The molecule has 0 heterocycles. The molecule has 4 nitrogen and oxygen atoms in total. The minimum absolute atomic E-state index is 0.161. The minimum atomic E-state index is 0.161. The SMILES string of the molecule is CCN(C(=O)CCNC)C(C)COC. The van der Waals surface area contributed by atoms with Crippen molar-refractivity contribution in [2.24, 2.45) is 0 Å². The zero-order chi connectivity index (χ0) is 11.0. The van der Waals surface area contributed by atoms with Crippen LogP contribution in [-0.4, -0.2) is 50.7 Å². The summed E-state index contributed by atoms with van der Waals surface area (Å²) in [5.41, 5.74) is 0. The van der Waals surface area contributed by atoms with Crippen molar-refractivity contribution in [1.29, 1.82) is 0 Å². The maximum absolute atomic E-state index is 11.7. The highest BCUT2D eigenvalue weighted by Gasteiger charge is 2.17. The molecule has 0 bridgehead atoms. The Hall–Kier alpha value is -0.610. The second-order valence-corrected chi connectivity index (χ2v) is 3.34. The van der Waals surface area contributed by atoms with Crippen LogP contribution < -0.4 is 5.32 Å². The molecule has 1 N–H and O–H groups in total. The van der Waals surface area contributed by atoms with Gasteiger partial charge in [-0.15, -0.1) is 0 Å². The van der Waals surface area contributed by atoms with Crippen molar-refractivity contribution in [3.8, 4) is 0 Å². The predicted molar refractivity (Wildman–Crippen MR) is 57.3 cm³/mol. The van der Waals surface area contributed by atoms with Gasteiger partial charge in [-0.05, 0) is 20.9 Å². The first kappa shape index (κ1) is 13.4. The summed E-state index contributed by atoms with van der Waals surface area (Å²) in [5, 5.41) is 2.97. The number of nitrogens with zero attached hydrogens (tertiary/aromatic N) is 1. The van der Waals surface area contributed by atoms with Gasteiger partial charge in [0.25, 0.3) is 0 Å². The van der Waals surface area contributed by atoms with E-state index < -0.39 is 0 Å². The fourth-order valence-electron chi connectivity index (χ4n) is 1.44. The molecule has 1 atom stereocenters. The van der Waals surface area contributed by atoms with Crippen LogP contribution in [0.2, 0.25) is 0 Å². The van der Waals surface area contributed by atoms with Crippen LogP contribution in [0, 0.1) is 0 Å². The molecular formula is C10H22N2O2. The largest absolute Gasteiger partial charge is 0.383 e. The first-order valence-corrected chi connectivity index (χ1v) is 5.10. The number of rotatable bonds is 7. The van der Waals surface area contributed by atoms with E-state index in [0.29, 0.717) is 13.0 Å². The van der Waals surface area contributed by atoms with Gasteiger partial charge in [-0.3, -0.25) is 4.79 Å². The second kappa shape index (κ2) is 7.76. The number of amides is 1. The fourth-order valence-corrected chi connectivity index (χ4v) is 1.44. The molecule has 0 saturated carbocycles. The topological polar surface area (TPSA) is 41.6 Å². The van der Waals surface area contributed by atoms with Crippen LogP contribution in [0.25, 0.3) is 0 Å². The molecule has 14 heavy (non-hydrogen) atoms. The highest BCUT2D eigenvalue weighted by atomic mass is 16.5. The monoisotopic (exact) mass is 202 g/mol. The van der Waals surface area contributed by atoms with Crippen LogP contribution in [0.4, 0.5) is 0 Å². The van der Waals surface area contributed by atoms with E-state index in [1.165, 1.54) is 0 Å². The Balaban J connectivity index is 4.03. The smallest absolute Gasteiger partial charge is 0.224 e. The molecule has 1 amide bonds. The maximum atomic E-state index is 11.7. The molecule has 0 spiro atoms. The van der Waals surface area contributed by atoms with Gasteiger partial charge >= 0.3 is 0 Å². The van der Waals surface area contributed by atoms with Crippen LogP contribution in [0.1, 0.15) is 20.3 Å². The number of carbonyl (C=O) groups is 1. The number of hydrogen-bond acceptors (Lipinski definition) is 3. The summed E-state index contributed by atoms with van der Waals surface area (Å²) < 4.78 is 5.03. The van der Waals surface area contributed by atoms with Crippen molar-refractivity contribution < 1.29 is 9.53 Å². The highest BCUT2D eigenvalue weighted by Crippen LogP contribution is 2.02. The summed E-state index contributed by atoms with van der Waals surface area (Å²) in [5.74, 6) is 0.186. The van der Waals surface area contributed by atoms with E-state index in [4.69, 9.17) is 4.74 Å². The number of methoxy groups -OCH3 is 1. The molecule has 1 unspecified atom stereocenters. The third kappa shape index (κ3) is 4.58. The number of likely N-dealkylation sites (N-methyl/N-ethyl adjacent to an activating group) is 1. The standard InChI is InChI=1S/C10H22N2O2/c1-5-12(9(2)8-14-4)10(13)6-7-11-3/h9,11H,5-8H2,1-4H3. The summed E-state index contributed by atoms with van der Waals surface area (Å²) in [6.07, 6.45) is 0.554. The van der Waals surface area contributed by atoms with Crippen molar-refractivity contribution in [1.82, 2.24) is 10.2 Å². The third-order valence-electron chi connectivity index (χ3n) is 2.19. The summed E-state index contributed by atoms with van der Waals surface area (Å²) in [6, 6.07) is 0.161. The summed E-state index contributed by atoms with van der Waals surface area (Å²) in [6.45, 7) is 6.06. The molecule has 0 radical (unpaired) electrons. The van der Waals surface area contributed by atoms with Crippen molar-refractivity contribution in [2.45, 2.75) is 26.3 Å². The molecule has 0 rings (SSSR count). The van der Waals surface area contributed by atoms with E-state index >= 15 is 0 Å². The van der Waals surface area contributed by atoms with Gasteiger partial charge in [0.1, 0.15) is 0 Å². The van der Waals surface area contributed by atoms with E-state index in [9.17, 15) is 4.79 Å². The van der Waals surface area contributed by atoms with Gasteiger partial charge in [-0.2, -0.15) is 0 Å². The van der Waals surface area contributed by atoms with E-state index in [1.807, 2.05) is 25.8 Å². The van der Waals surface area contributed by atoms with Gasteiger partial charge in [0.15, 0.2) is 0 Å². The van der Waals surface area contributed by atoms with Crippen LogP contribution in [0.3, 0.4) is 0 Å². The number of hydrogen-bond donors (Lipinski definition) is 1. The quantitative estimate of drug-likeness (QED) is 0.653. The lowest BCUT2D eigenvalue weighted by atomic mass is 10.2. The Labute approximate surface area is 86.6 Å². The van der Waals surface area contributed by atoms with Crippen LogP contribution in [0.5, 0.6) is 0 Å². The number of nitrogens with one attached hydrogen (secondary N) is 1. The predicted octanol–water partition coefficient (Wildman–Crippen LogP) is 0.479. The summed E-state index contributed by atoms with van der Waals surface area (Å²) >= 11 is 0. The third-order valence-corrected chi connectivity index (χ3v) is 2.19. The van der Waals surface area contributed by atoms with Gasteiger partial charge in [0, 0.05) is 26.6 Å². The molecule has 0 fully saturated rings. The zero-order valence-electron chi connectivity index (χ0n) is 9.67. The number of carbonyl (C=O) groups excluding carboxylic acids is 1. The van der Waals surface area contributed by atoms with Gasteiger partial charge in [-0.25, -0.2) is 0 Å². The number of ether oxygens (including phenoxy) is 1. The molecule has 84 valence electrons. The first-order valence-electron chi connectivity index (χ1n) is 5.10. The lowest BCUT2D eigenvalue weighted by molar-refractivity contribution is -0.133. The fraction of sp³-hybridized carbons (Fsp3) is 0.900. The van der Waals surface area contributed by atoms with Crippen LogP contribution in [0.15, 0.2) is 0 Å². The van der Waals surface area contributed by atoms with Crippen molar-refractivity contribution >= 4 is 5.91 Å². The van der Waals surface area contributed by atoms with Gasteiger partial charge in [-0.1, -0.05) is 0 Å². The Morgan fingerprint density at radius 2 is 2.21 bits per heavy atom. The highest BCUT2D eigenvalue weighted by molar-refractivity contribution is 5.76. The minimum Gasteiger partial charge on any atom is -0.383 e. The zero-order valence-corrected chi connectivity index (χ0v) is 9.67. The van der Waals surface area contributed by atoms with Crippen molar-refractivity contribution in [3.05, 3.63) is 0 Å². The van der Waals surface area contributed by atoms with E-state index in [1.54, 1.807) is 7.11 Å². The first-order chi connectivity index (χ1) is 6.67. The molecule has 4 heteroatoms. The van der Waals surface area contributed by atoms with Crippen molar-refractivity contribution in [3.63, 3.8) is 0 Å². The molecule has 0 aliphatic rings. The van der Waals surface area contributed by atoms with Gasteiger partial charge in [0.05, 0.1) is 12.6 Å². The molecule has 0 aromatic heterocycles. The molecule has 0 saturated heterocycles. The van der Waals surface area contributed by atoms with Crippen LogP contribution in [-0.2, 0) is 9.53 Å². The molecule has 0 aromatic rings. The van der Waals surface area contributed by atoms with Gasteiger partial charge in [0.2, 0.25) is 5.91 Å². The lowest BCUT2D eigenvalue weighted by Crippen LogP contribution is -2.41. The molecule has 0 aliphatic carbocycles. The molecule has 0 aliphatic heterocycles. The Bertz CT molecular complexity index is 162. The molecule has 0 aromatic carbocycles. The normalized spacial score (nSPS) is 12.6. The average Bonchev–Trinajstić information content (AvgIpc) is 2.16. The summed E-state index contributed by atoms with van der Waals surface area (Å²) in [7, 11) is 3.50. The average molecular weight is 202 g/mol. The maximum Gasteiger partial charge on any atom is 0.224 e. The summed E-state index contributed by atoms with van der Waals surface area (Å²) in [4.78, 5) is 13.5. The van der Waals surface area contributed by atoms with E-state index in [2.05, 4.69) is 5.32 Å². The van der Waals surface area contributed by atoms with E-state index in [0.717, 1.165) is 13.1 Å². The van der Waals surface area contributed by atoms with Crippen LogP contribution >= 0.6 is 0 Å². The Morgan fingerprint density at radius 3 is 2.64 bits per heavy atom. The van der Waals surface area contributed by atoms with E-state index in [-0.39, 0.29) is 11.9 Å². The van der Waals surface area contributed by atoms with Crippen molar-refractivity contribution in [2.75, 3.05) is 33.9 Å². The molecular weight excluding hydrogens is 180 g/mol. The Kier molecular flexibility index (Phi) is 7.42. The lowest BCUT2D eigenvalue weighted by Gasteiger charge is -2.27. The second-order valence-electron chi connectivity index (χ2n) is 3.34.